The van der Waals surface area contributed by atoms with Gasteiger partial charge in [0.15, 0.2) is 11.6 Å². The SMILES string of the molecule is Cc1cc(C(=O)NCc2cccc(OCCCCC3CCC3)c2F)n(C)n1. The van der Waals surface area contributed by atoms with Gasteiger partial charge in [-0.3, -0.25) is 9.48 Å². The van der Waals surface area contributed by atoms with Gasteiger partial charge in [-0.2, -0.15) is 5.10 Å². The van der Waals surface area contributed by atoms with Crippen molar-refractivity contribution in [2.75, 3.05) is 6.61 Å². The number of nitrogens with zero attached hydrogens (tertiary/aromatic N) is 2. The van der Waals surface area contributed by atoms with E-state index < -0.39 is 5.82 Å². The van der Waals surface area contributed by atoms with Crippen molar-refractivity contribution in [1.82, 2.24) is 15.1 Å². The molecule has 1 N–H and O–H groups in total. The topological polar surface area (TPSA) is 56.1 Å². The van der Waals surface area contributed by atoms with Crippen LogP contribution in [-0.2, 0) is 13.6 Å². The van der Waals surface area contributed by atoms with Gasteiger partial charge >= 0.3 is 0 Å². The van der Waals surface area contributed by atoms with Crippen LogP contribution in [0.2, 0.25) is 0 Å². The number of unbranched alkanes of at least 4 members (excludes halogenated alkanes) is 1. The second-order valence-corrected chi connectivity index (χ2v) is 7.35. The van der Waals surface area contributed by atoms with Crippen LogP contribution < -0.4 is 10.1 Å². The summed E-state index contributed by atoms with van der Waals surface area (Å²) >= 11 is 0. The maximum absolute atomic E-state index is 14.6. The number of benzene rings is 1. The Bertz CT molecular complexity index is 784. The second-order valence-electron chi connectivity index (χ2n) is 7.35. The maximum atomic E-state index is 14.6. The molecule has 0 aliphatic heterocycles. The normalized spacial score (nSPS) is 14.0. The van der Waals surface area contributed by atoms with Crippen molar-refractivity contribution in [2.24, 2.45) is 13.0 Å². The molecule has 0 saturated heterocycles. The van der Waals surface area contributed by atoms with Gasteiger partial charge in [-0.1, -0.05) is 37.8 Å². The summed E-state index contributed by atoms with van der Waals surface area (Å²) < 4.78 is 21.8. The lowest BCUT2D eigenvalue weighted by molar-refractivity contribution is 0.0941. The van der Waals surface area contributed by atoms with Crippen LogP contribution in [0.25, 0.3) is 0 Å². The first-order chi connectivity index (χ1) is 13.0. The number of aryl methyl sites for hydroxylation is 2. The van der Waals surface area contributed by atoms with E-state index in [2.05, 4.69) is 10.4 Å². The monoisotopic (exact) mass is 373 g/mol. The lowest BCUT2D eigenvalue weighted by Gasteiger charge is -2.24. The Morgan fingerprint density at radius 1 is 1.37 bits per heavy atom. The Kier molecular flexibility index (Phi) is 6.48. The summed E-state index contributed by atoms with van der Waals surface area (Å²) in [5.41, 5.74) is 1.63. The van der Waals surface area contributed by atoms with Crippen LogP contribution in [0.5, 0.6) is 5.75 Å². The molecule has 1 aliphatic carbocycles. The molecule has 2 aromatic rings. The fourth-order valence-electron chi connectivity index (χ4n) is 3.39. The molecule has 0 unspecified atom stereocenters. The summed E-state index contributed by atoms with van der Waals surface area (Å²) in [7, 11) is 1.71. The van der Waals surface area contributed by atoms with Crippen LogP contribution in [0, 0.1) is 18.7 Å². The van der Waals surface area contributed by atoms with Gasteiger partial charge in [0, 0.05) is 19.2 Å². The Balaban J connectivity index is 1.48. The van der Waals surface area contributed by atoms with E-state index >= 15 is 0 Å². The second kappa shape index (κ2) is 9.02. The van der Waals surface area contributed by atoms with Crippen molar-refractivity contribution in [2.45, 2.75) is 52.0 Å². The van der Waals surface area contributed by atoms with Crippen LogP contribution in [-0.4, -0.2) is 22.3 Å². The number of ether oxygens (including phenoxy) is 1. The van der Waals surface area contributed by atoms with Crippen molar-refractivity contribution in [3.8, 4) is 5.75 Å². The van der Waals surface area contributed by atoms with E-state index in [-0.39, 0.29) is 18.2 Å². The third-order valence-electron chi connectivity index (χ3n) is 5.21. The summed E-state index contributed by atoms with van der Waals surface area (Å²) in [5, 5.41) is 6.89. The molecule has 1 aromatic heterocycles. The van der Waals surface area contributed by atoms with Gasteiger partial charge in [0.1, 0.15) is 5.69 Å². The molecule has 1 aliphatic rings. The van der Waals surface area contributed by atoms with Crippen LogP contribution in [0.1, 0.15) is 60.3 Å². The highest BCUT2D eigenvalue weighted by Crippen LogP contribution is 2.30. The van der Waals surface area contributed by atoms with E-state index in [4.69, 9.17) is 4.74 Å². The zero-order chi connectivity index (χ0) is 19.2. The van der Waals surface area contributed by atoms with E-state index in [9.17, 15) is 9.18 Å². The molecule has 1 aromatic carbocycles. The molecule has 1 fully saturated rings. The lowest BCUT2D eigenvalue weighted by Crippen LogP contribution is -2.25. The maximum Gasteiger partial charge on any atom is 0.269 e. The van der Waals surface area contributed by atoms with Gasteiger partial charge in [0.2, 0.25) is 0 Å². The molecule has 0 radical (unpaired) electrons. The van der Waals surface area contributed by atoms with Gasteiger partial charge in [-0.15, -0.1) is 0 Å². The lowest BCUT2D eigenvalue weighted by atomic mass is 9.82. The van der Waals surface area contributed by atoms with Gasteiger partial charge in [-0.25, -0.2) is 4.39 Å². The van der Waals surface area contributed by atoms with Crippen molar-refractivity contribution >= 4 is 5.91 Å². The molecule has 3 rings (SSSR count). The predicted molar refractivity (Wildman–Crippen MR) is 102 cm³/mol. The summed E-state index contributed by atoms with van der Waals surface area (Å²) in [6.45, 7) is 2.45. The minimum atomic E-state index is -0.405. The van der Waals surface area contributed by atoms with E-state index in [1.54, 1.807) is 31.3 Å². The van der Waals surface area contributed by atoms with Crippen molar-refractivity contribution in [1.29, 1.82) is 0 Å². The standard InChI is InChI=1S/C21H28FN3O2/c1-15-13-18(25(2)24-15)21(26)23-14-17-10-6-11-19(20(17)22)27-12-4-3-7-16-8-5-9-16/h6,10-11,13,16H,3-5,7-9,12,14H2,1-2H3,(H,23,26). The minimum absolute atomic E-state index is 0.105. The van der Waals surface area contributed by atoms with E-state index in [1.165, 1.54) is 30.4 Å². The molecule has 27 heavy (non-hydrogen) atoms. The van der Waals surface area contributed by atoms with E-state index in [0.717, 1.165) is 24.5 Å². The number of hydrogen-bond acceptors (Lipinski definition) is 3. The number of halogens is 1. The number of hydrogen-bond donors (Lipinski definition) is 1. The largest absolute Gasteiger partial charge is 0.491 e. The molecule has 0 bridgehead atoms. The molecule has 0 spiro atoms. The Labute approximate surface area is 159 Å². The highest BCUT2D eigenvalue weighted by molar-refractivity contribution is 5.92. The zero-order valence-electron chi connectivity index (χ0n) is 16.1. The number of nitrogens with one attached hydrogen (secondary N) is 1. The molecule has 146 valence electrons. The summed E-state index contributed by atoms with van der Waals surface area (Å²) in [6.07, 6.45) is 7.42. The highest BCUT2D eigenvalue weighted by Gasteiger charge is 2.17. The summed E-state index contributed by atoms with van der Waals surface area (Å²) in [5.74, 6) is 0.469. The van der Waals surface area contributed by atoms with Crippen molar-refractivity contribution < 1.29 is 13.9 Å². The van der Waals surface area contributed by atoms with Gasteiger partial charge < -0.3 is 10.1 Å². The first-order valence-corrected chi connectivity index (χ1v) is 9.73. The third-order valence-corrected chi connectivity index (χ3v) is 5.21. The predicted octanol–water partition coefficient (Wildman–Crippen LogP) is 4.15. The average molecular weight is 373 g/mol. The fourth-order valence-corrected chi connectivity index (χ4v) is 3.39. The minimum Gasteiger partial charge on any atom is -0.491 e. The average Bonchev–Trinajstić information content (AvgIpc) is 2.94. The first kappa shape index (κ1) is 19.4. The molecule has 5 nitrogen and oxygen atoms in total. The summed E-state index contributed by atoms with van der Waals surface area (Å²) in [4.78, 5) is 12.3. The van der Waals surface area contributed by atoms with E-state index in [1.807, 2.05) is 6.92 Å². The number of carbonyl (C=O) groups excluding carboxylic acids is 1. The number of rotatable bonds is 9. The molecular weight excluding hydrogens is 345 g/mol. The van der Waals surface area contributed by atoms with Gasteiger partial charge in [0.05, 0.1) is 12.3 Å². The first-order valence-electron chi connectivity index (χ1n) is 9.73. The Hall–Kier alpha value is -2.37. The number of carbonyl (C=O) groups is 1. The van der Waals surface area contributed by atoms with Gasteiger partial charge in [0.25, 0.3) is 5.91 Å². The third kappa shape index (κ3) is 5.08. The quantitative estimate of drug-likeness (QED) is 0.672. The Morgan fingerprint density at radius 3 is 2.85 bits per heavy atom. The molecule has 0 atom stereocenters. The summed E-state index contributed by atoms with van der Waals surface area (Å²) in [6, 6.07) is 6.75. The van der Waals surface area contributed by atoms with Crippen molar-refractivity contribution in [3.63, 3.8) is 0 Å². The van der Waals surface area contributed by atoms with Crippen LogP contribution in [0.15, 0.2) is 24.3 Å². The van der Waals surface area contributed by atoms with Gasteiger partial charge in [-0.05, 0) is 37.8 Å². The van der Waals surface area contributed by atoms with Crippen molar-refractivity contribution in [3.05, 3.63) is 47.0 Å². The Morgan fingerprint density at radius 2 is 2.19 bits per heavy atom. The molecule has 6 heteroatoms. The smallest absolute Gasteiger partial charge is 0.269 e. The molecule has 1 amide bonds. The molecule has 1 saturated carbocycles. The fraction of sp³-hybridized carbons (Fsp3) is 0.524. The van der Waals surface area contributed by atoms with Crippen LogP contribution >= 0.6 is 0 Å². The molecule has 1 heterocycles. The molecular formula is C21H28FN3O2. The van der Waals surface area contributed by atoms with Crippen LogP contribution in [0.4, 0.5) is 4.39 Å². The highest BCUT2D eigenvalue weighted by atomic mass is 19.1. The van der Waals surface area contributed by atoms with E-state index in [0.29, 0.717) is 17.9 Å². The zero-order valence-corrected chi connectivity index (χ0v) is 16.1. The number of aromatic nitrogens is 2. The van der Waals surface area contributed by atoms with Crippen LogP contribution in [0.3, 0.4) is 0 Å². The number of amides is 1.